The minimum Gasteiger partial charge on any atom is -0.338 e. The van der Waals surface area contributed by atoms with Crippen LogP contribution in [0.5, 0.6) is 0 Å². The molecule has 0 aromatic heterocycles. The molecule has 0 saturated heterocycles. The Hall–Kier alpha value is -1.49. The van der Waals surface area contributed by atoms with Crippen molar-refractivity contribution in [1.29, 1.82) is 0 Å². The minimum atomic E-state index is -0.521. The van der Waals surface area contributed by atoms with Gasteiger partial charge >= 0.3 is 0 Å². The predicted octanol–water partition coefficient (Wildman–Crippen LogP) is 2.22. The number of benzene rings is 1. The summed E-state index contributed by atoms with van der Waals surface area (Å²) in [5, 5.41) is 0. The molecule has 0 aliphatic heterocycles. The van der Waals surface area contributed by atoms with E-state index in [1.54, 1.807) is 14.0 Å². The highest BCUT2D eigenvalue weighted by Crippen LogP contribution is 2.47. The van der Waals surface area contributed by atoms with Gasteiger partial charge in [0.1, 0.15) is 11.6 Å². The molecule has 1 aromatic rings. The third kappa shape index (κ3) is 2.47. The Morgan fingerprint density at radius 3 is 2.63 bits per heavy atom. The molecule has 5 heteroatoms. The van der Waals surface area contributed by atoms with Gasteiger partial charge in [-0.2, -0.15) is 0 Å². The van der Waals surface area contributed by atoms with Gasteiger partial charge in [-0.3, -0.25) is 4.79 Å². The number of nitrogens with two attached hydrogens (primary N) is 1. The van der Waals surface area contributed by atoms with Crippen LogP contribution in [0.2, 0.25) is 0 Å². The lowest BCUT2D eigenvalue weighted by atomic mass is 10.0. The lowest BCUT2D eigenvalue weighted by Crippen LogP contribution is -2.39. The van der Waals surface area contributed by atoms with Crippen molar-refractivity contribution in [1.82, 2.24) is 4.90 Å². The highest BCUT2D eigenvalue weighted by atomic mass is 19.1. The van der Waals surface area contributed by atoms with Crippen molar-refractivity contribution >= 4 is 5.91 Å². The number of nitrogens with zero attached hydrogens (tertiary/aromatic N) is 1. The fraction of sp³-hybridized carbons (Fsp3) is 0.500. The monoisotopic (exact) mass is 268 g/mol. The average molecular weight is 268 g/mol. The summed E-state index contributed by atoms with van der Waals surface area (Å²) in [6.07, 6.45) is 1.54. The molecule has 2 N–H and O–H groups in total. The third-order valence-corrected chi connectivity index (χ3v) is 4.01. The van der Waals surface area contributed by atoms with Crippen molar-refractivity contribution in [3.63, 3.8) is 0 Å². The van der Waals surface area contributed by atoms with E-state index in [1.807, 2.05) is 0 Å². The van der Waals surface area contributed by atoms with Crippen molar-refractivity contribution in [3.8, 4) is 0 Å². The highest BCUT2D eigenvalue weighted by molar-refractivity contribution is 5.85. The first-order valence-corrected chi connectivity index (χ1v) is 6.33. The van der Waals surface area contributed by atoms with E-state index in [4.69, 9.17) is 5.73 Å². The SMILES string of the molecule is CC(c1cc(F)ccc1F)N(C)C(=O)C1(CN)CC1. The first-order valence-electron chi connectivity index (χ1n) is 6.33. The van der Waals surface area contributed by atoms with Crippen LogP contribution in [0.3, 0.4) is 0 Å². The Bertz CT molecular complexity index is 500. The lowest BCUT2D eigenvalue weighted by Gasteiger charge is -2.29. The van der Waals surface area contributed by atoms with E-state index in [2.05, 4.69) is 0 Å². The van der Waals surface area contributed by atoms with E-state index in [9.17, 15) is 13.6 Å². The normalized spacial score (nSPS) is 17.9. The molecule has 1 unspecified atom stereocenters. The second-order valence-electron chi connectivity index (χ2n) is 5.24. The van der Waals surface area contributed by atoms with Crippen molar-refractivity contribution in [2.24, 2.45) is 11.1 Å². The van der Waals surface area contributed by atoms with E-state index in [-0.39, 0.29) is 11.5 Å². The maximum atomic E-state index is 13.7. The Morgan fingerprint density at radius 1 is 1.47 bits per heavy atom. The van der Waals surface area contributed by atoms with E-state index in [1.165, 1.54) is 4.90 Å². The molecule has 1 fully saturated rings. The second-order valence-corrected chi connectivity index (χ2v) is 5.24. The van der Waals surface area contributed by atoms with Crippen LogP contribution in [0.1, 0.15) is 31.4 Å². The molecule has 1 amide bonds. The lowest BCUT2D eigenvalue weighted by molar-refractivity contribution is -0.137. The Balaban J connectivity index is 2.21. The number of hydrogen-bond donors (Lipinski definition) is 1. The van der Waals surface area contributed by atoms with Gasteiger partial charge in [0, 0.05) is 19.2 Å². The summed E-state index contributed by atoms with van der Waals surface area (Å²) in [5.74, 6) is -1.11. The first-order chi connectivity index (χ1) is 8.91. The number of hydrogen-bond acceptors (Lipinski definition) is 2. The van der Waals surface area contributed by atoms with Gasteiger partial charge in [0.2, 0.25) is 5.91 Å². The molecule has 0 spiro atoms. The Kier molecular flexibility index (Phi) is 3.58. The van der Waals surface area contributed by atoms with Crippen LogP contribution in [0, 0.1) is 17.0 Å². The quantitative estimate of drug-likeness (QED) is 0.910. The average Bonchev–Trinajstić information content (AvgIpc) is 3.20. The maximum Gasteiger partial charge on any atom is 0.230 e. The van der Waals surface area contributed by atoms with Crippen molar-refractivity contribution in [2.75, 3.05) is 13.6 Å². The van der Waals surface area contributed by atoms with Crippen LogP contribution in [0.25, 0.3) is 0 Å². The summed E-state index contributed by atoms with van der Waals surface area (Å²) in [7, 11) is 1.60. The zero-order valence-corrected chi connectivity index (χ0v) is 11.1. The molecule has 19 heavy (non-hydrogen) atoms. The molecule has 1 aromatic carbocycles. The van der Waals surface area contributed by atoms with E-state index < -0.39 is 23.1 Å². The second kappa shape index (κ2) is 4.89. The van der Waals surface area contributed by atoms with E-state index in [0.29, 0.717) is 6.54 Å². The van der Waals surface area contributed by atoms with E-state index >= 15 is 0 Å². The minimum absolute atomic E-state index is 0.0915. The van der Waals surface area contributed by atoms with Crippen molar-refractivity contribution in [2.45, 2.75) is 25.8 Å². The molecule has 1 aliphatic rings. The van der Waals surface area contributed by atoms with Crippen LogP contribution in [0.4, 0.5) is 8.78 Å². The van der Waals surface area contributed by atoms with Gasteiger partial charge in [0.05, 0.1) is 11.5 Å². The smallest absolute Gasteiger partial charge is 0.230 e. The molecule has 1 saturated carbocycles. The van der Waals surface area contributed by atoms with Gasteiger partial charge < -0.3 is 10.6 Å². The number of amides is 1. The summed E-state index contributed by atoms with van der Waals surface area (Å²) in [6.45, 7) is 1.98. The molecule has 1 atom stereocenters. The number of rotatable bonds is 4. The van der Waals surface area contributed by atoms with Gasteiger partial charge in [-0.1, -0.05) is 0 Å². The summed E-state index contributed by atoms with van der Waals surface area (Å²) in [6, 6.07) is 2.75. The summed E-state index contributed by atoms with van der Waals surface area (Å²) in [4.78, 5) is 13.8. The van der Waals surface area contributed by atoms with Gasteiger partial charge in [0.25, 0.3) is 0 Å². The number of carbonyl (C=O) groups excluding carboxylic acids is 1. The van der Waals surface area contributed by atoms with Crippen LogP contribution >= 0.6 is 0 Å². The molecule has 0 bridgehead atoms. The van der Waals surface area contributed by atoms with Crippen LogP contribution in [-0.4, -0.2) is 24.4 Å². The predicted molar refractivity (Wildman–Crippen MR) is 68.3 cm³/mol. The van der Waals surface area contributed by atoms with Crippen molar-refractivity contribution in [3.05, 3.63) is 35.4 Å². The van der Waals surface area contributed by atoms with E-state index in [0.717, 1.165) is 31.0 Å². The molecular formula is C14H18F2N2O. The first kappa shape index (κ1) is 13.9. The molecule has 1 aliphatic carbocycles. The van der Waals surface area contributed by atoms with Gasteiger partial charge in [-0.15, -0.1) is 0 Å². The molecular weight excluding hydrogens is 250 g/mol. The number of halogens is 2. The van der Waals surface area contributed by atoms with Crippen LogP contribution in [-0.2, 0) is 4.79 Å². The molecule has 3 nitrogen and oxygen atoms in total. The highest BCUT2D eigenvalue weighted by Gasteiger charge is 2.50. The van der Waals surface area contributed by atoms with Gasteiger partial charge in [0.15, 0.2) is 0 Å². The molecule has 2 rings (SSSR count). The topological polar surface area (TPSA) is 46.3 Å². The zero-order valence-electron chi connectivity index (χ0n) is 11.1. The third-order valence-electron chi connectivity index (χ3n) is 4.01. The summed E-state index contributed by atoms with van der Waals surface area (Å²) in [5.41, 5.74) is 5.32. The fourth-order valence-electron chi connectivity index (χ4n) is 2.25. The standard InChI is InChI=1S/C14H18F2N2O/c1-9(11-7-10(15)3-4-12(11)16)18(2)13(19)14(8-17)5-6-14/h3-4,7,9H,5-6,8,17H2,1-2H3. The van der Waals surface area contributed by atoms with Crippen LogP contribution in [0.15, 0.2) is 18.2 Å². The maximum absolute atomic E-state index is 13.7. The largest absolute Gasteiger partial charge is 0.338 e. The number of carbonyl (C=O) groups is 1. The van der Waals surface area contributed by atoms with Gasteiger partial charge in [-0.25, -0.2) is 8.78 Å². The molecule has 104 valence electrons. The molecule has 0 radical (unpaired) electrons. The zero-order chi connectivity index (χ0) is 14.2. The Morgan fingerprint density at radius 2 is 2.11 bits per heavy atom. The van der Waals surface area contributed by atoms with Gasteiger partial charge in [-0.05, 0) is 38.0 Å². The van der Waals surface area contributed by atoms with Crippen molar-refractivity contribution < 1.29 is 13.6 Å². The fourth-order valence-corrected chi connectivity index (χ4v) is 2.25. The molecule has 0 heterocycles. The summed E-state index contributed by atoms with van der Waals surface area (Å²) >= 11 is 0. The van der Waals surface area contributed by atoms with Crippen LogP contribution < -0.4 is 5.73 Å². The summed E-state index contributed by atoms with van der Waals surface area (Å²) < 4.78 is 26.9. The Labute approximate surface area is 111 Å².